The summed E-state index contributed by atoms with van der Waals surface area (Å²) in [5.74, 6) is -0.534. The number of hydrogen-bond acceptors (Lipinski definition) is 4. The highest BCUT2D eigenvalue weighted by Crippen LogP contribution is 2.19. The summed E-state index contributed by atoms with van der Waals surface area (Å²) in [6.45, 7) is 13.5. The van der Waals surface area contributed by atoms with Gasteiger partial charge in [-0.1, -0.05) is 26.0 Å². The Morgan fingerprint density at radius 1 is 0.974 bits per heavy atom. The second kappa shape index (κ2) is 12.9. The molecule has 38 heavy (non-hydrogen) atoms. The Hall–Kier alpha value is -3.46. The van der Waals surface area contributed by atoms with E-state index in [0.29, 0.717) is 50.7 Å². The third-order valence-electron chi connectivity index (χ3n) is 6.21. The normalized spacial score (nSPS) is 14.3. The van der Waals surface area contributed by atoms with Crippen LogP contribution in [-0.2, 0) is 6.54 Å². The highest BCUT2D eigenvalue weighted by atomic mass is 19.1. The first-order chi connectivity index (χ1) is 17.9. The summed E-state index contributed by atoms with van der Waals surface area (Å²) in [5.41, 5.74) is 1.63. The lowest BCUT2D eigenvalue weighted by atomic mass is 10.1. The van der Waals surface area contributed by atoms with Crippen LogP contribution in [0.4, 0.5) is 14.9 Å². The Morgan fingerprint density at radius 2 is 1.68 bits per heavy atom. The van der Waals surface area contributed by atoms with Crippen LogP contribution in [0.15, 0.2) is 42.5 Å². The van der Waals surface area contributed by atoms with Gasteiger partial charge in [0.2, 0.25) is 0 Å². The molecule has 0 aliphatic carbocycles. The van der Waals surface area contributed by atoms with Crippen LogP contribution < -0.4 is 16.0 Å². The van der Waals surface area contributed by atoms with Gasteiger partial charge >= 0.3 is 6.03 Å². The molecule has 0 unspecified atom stereocenters. The molecule has 3 rings (SSSR count). The van der Waals surface area contributed by atoms with Crippen LogP contribution in [0.2, 0.25) is 0 Å². The zero-order valence-corrected chi connectivity index (χ0v) is 23.1. The van der Waals surface area contributed by atoms with E-state index in [4.69, 9.17) is 0 Å². The van der Waals surface area contributed by atoms with E-state index < -0.39 is 11.8 Å². The maximum absolute atomic E-state index is 14.6. The number of nitrogens with zero attached hydrogens (tertiary/aromatic N) is 2. The maximum atomic E-state index is 14.6. The summed E-state index contributed by atoms with van der Waals surface area (Å²) in [6, 6.07) is 11.2. The Kier molecular flexibility index (Phi) is 9.85. The van der Waals surface area contributed by atoms with Crippen LogP contribution in [0.1, 0.15) is 67.3 Å². The molecule has 8 nitrogen and oxygen atoms in total. The lowest BCUT2D eigenvalue weighted by molar-refractivity contribution is 0.0627. The first kappa shape index (κ1) is 29.1. The number of carbonyl (C=O) groups excluding carboxylic acids is 3. The first-order valence-corrected chi connectivity index (χ1v) is 13.2. The zero-order valence-electron chi connectivity index (χ0n) is 23.1. The minimum absolute atomic E-state index is 0.0341. The van der Waals surface area contributed by atoms with Crippen molar-refractivity contribution in [2.24, 2.45) is 5.92 Å². The van der Waals surface area contributed by atoms with E-state index in [2.05, 4.69) is 34.7 Å². The number of hydrogen-bond donors (Lipinski definition) is 3. The van der Waals surface area contributed by atoms with Crippen molar-refractivity contribution in [3.63, 3.8) is 0 Å². The number of anilines is 1. The van der Waals surface area contributed by atoms with Gasteiger partial charge in [0, 0.05) is 55.9 Å². The average molecular weight is 526 g/mol. The molecule has 206 valence electrons. The molecule has 9 heteroatoms. The van der Waals surface area contributed by atoms with Crippen LogP contribution in [-0.4, -0.2) is 65.9 Å². The summed E-state index contributed by atoms with van der Waals surface area (Å²) >= 11 is 0. The number of halogens is 1. The summed E-state index contributed by atoms with van der Waals surface area (Å²) in [7, 11) is 0. The van der Waals surface area contributed by atoms with Crippen molar-refractivity contribution in [3.05, 3.63) is 65.0 Å². The third kappa shape index (κ3) is 8.83. The number of rotatable bonds is 8. The van der Waals surface area contributed by atoms with Gasteiger partial charge in [-0.2, -0.15) is 0 Å². The van der Waals surface area contributed by atoms with Crippen LogP contribution in [0.3, 0.4) is 0 Å². The van der Waals surface area contributed by atoms with Crippen molar-refractivity contribution >= 4 is 23.5 Å². The highest BCUT2D eigenvalue weighted by Gasteiger charge is 2.23. The summed E-state index contributed by atoms with van der Waals surface area (Å²) < 4.78 is 14.6. The fourth-order valence-corrected chi connectivity index (χ4v) is 4.16. The molecular formula is C29H40FN5O3. The zero-order chi connectivity index (χ0) is 27.9. The van der Waals surface area contributed by atoms with Crippen LogP contribution in [0.5, 0.6) is 0 Å². The van der Waals surface area contributed by atoms with Gasteiger partial charge < -0.3 is 20.9 Å². The van der Waals surface area contributed by atoms with Crippen molar-refractivity contribution in [3.8, 4) is 0 Å². The molecular weight excluding hydrogens is 485 g/mol. The predicted octanol–water partition coefficient (Wildman–Crippen LogP) is 4.48. The predicted molar refractivity (Wildman–Crippen MR) is 148 cm³/mol. The summed E-state index contributed by atoms with van der Waals surface area (Å²) in [4.78, 5) is 41.4. The monoisotopic (exact) mass is 525 g/mol. The lowest BCUT2D eigenvalue weighted by Crippen LogP contribution is -2.48. The smallest absolute Gasteiger partial charge is 0.319 e. The van der Waals surface area contributed by atoms with E-state index in [0.717, 1.165) is 12.0 Å². The van der Waals surface area contributed by atoms with Gasteiger partial charge in [-0.3, -0.25) is 14.5 Å². The van der Waals surface area contributed by atoms with Crippen molar-refractivity contribution < 1.29 is 18.8 Å². The van der Waals surface area contributed by atoms with Gasteiger partial charge in [-0.05, 0) is 69.0 Å². The second-order valence-corrected chi connectivity index (χ2v) is 11.2. The third-order valence-corrected chi connectivity index (χ3v) is 6.21. The molecule has 1 aliphatic rings. The van der Waals surface area contributed by atoms with Crippen molar-refractivity contribution in [2.45, 2.75) is 53.1 Å². The Balaban J connectivity index is 1.51. The van der Waals surface area contributed by atoms with Crippen molar-refractivity contribution in [1.29, 1.82) is 0 Å². The Morgan fingerprint density at radius 3 is 2.32 bits per heavy atom. The molecule has 1 saturated heterocycles. The van der Waals surface area contributed by atoms with E-state index in [1.807, 2.05) is 39.0 Å². The molecule has 4 amide bonds. The number of benzene rings is 2. The van der Waals surface area contributed by atoms with Crippen molar-refractivity contribution in [2.75, 3.05) is 38.0 Å². The fraction of sp³-hybridized carbons (Fsp3) is 0.483. The standard InChI is InChI=1S/C29H40FN5O3/c1-20(2)11-12-31-28(38)32-25-10-9-23(18-24(25)30)27(37)35-15-13-34(14-16-35)19-21-7-6-8-22(17-21)26(36)33-29(3,4)5/h6-10,17-18,20H,11-16,19H2,1-5H3,(H,33,36)(H2,31,32,38). The molecule has 0 radical (unpaired) electrons. The molecule has 1 heterocycles. The van der Waals surface area contributed by atoms with Gasteiger partial charge in [-0.25, -0.2) is 9.18 Å². The topological polar surface area (TPSA) is 93.8 Å². The quantitative estimate of drug-likeness (QED) is 0.474. The van der Waals surface area contributed by atoms with E-state index >= 15 is 0 Å². The number of urea groups is 1. The molecule has 0 aromatic heterocycles. The Labute approximate surface area is 225 Å². The SMILES string of the molecule is CC(C)CCNC(=O)Nc1ccc(C(=O)N2CCN(Cc3cccc(C(=O)NC(C)(C)C)c3)CC2)cc1F. The van der Waals surface area contributed by atoms with Crippen molar-refractivity contribution in [1.82, 2.24) is 20.4 Å². The largest absolute Gasteiger partial charge is 0.347 e. The molecule has 1 fully saturated rings. The van der Waals surface area contributed by atoms with Gasteiger partial charge in [0.25, 0.3) is 11.8 Å². The van der Waals surface area contributed by atoms with E-state index in [1.165, 1.54) is 18.2 Å². The van der Waals surface area contributed by atoms with Crippen LogP contribution in [0, 0.1) is 11.7 Å². The van der Waals surface area contributed by atoms with Gasteiger partial charge in [0.05, 0.1) is 5.69 Å². The molecule has 0 spiro atoms. The Bertz CT molecular complexity index is 1140. The van der Waals surface area contributed by atoms with Crippen LogP contribution in [0.25, 0.3) is 0 Å². The molecule has 3 N–H and O–H groups in total. The molecule has 1 aliphatic heterocycles. The van der Waals surface area contributed by atoms with E-state index in [9.17, 15) is 18.8 Å². The van der Waals surface area contributed by atoms with Gasteiger partial charge in [0.1, 0.15) is 5.82 Å². The molecule has 2 aromatic carbocycles. The molecule has 0 saturated carbocycles. The van der Waals surface area contributed by atoms with Gasteiger partial charge in [0.15, 0.2) is 0 Å². The fourth-order valence-electron chi connectivity index (χ4n) is 4.16. The molecule has 0 atom stereocenters. The number of amides is 4. The molecule has 2 aromatic rings. The minimum atomic E-state index is -0.649. The summed E-state index contributed by atoms with van der Waals surface area (Å²) in [6.07, 6.45) is 0.831. The minimum Gasteiger partial charge on any atom is -0.347 e. The summed E-state index contributed by atoms with van der Waals surface area (Å²) in [5, 5.41) is 8.18. The highest BCUT2D eigenvalue weighted by molar-refractivity contribution is 5.96. The molecule has 0 bridgehead atoms. The number of nitrogens with one attached hydrogen (secondary N) is 3. The van der Waals surface area contributed by atoms with Crippen LogP contribution >= 0.6 is 0 Å². The van der Waals surface area contributed by atoms with E-state index in [-0.39, 0.29) is 28.6 Å². The second-order valence-electron chi connectivity index (χ2n) is 11.2. The lowest BCUT2D eigenvalue weighted by Gasteiger charge is -2.35. The number of carbonyl (C=O) groups is 3. The number of piperazine rings is 1. The van der Waals surface area contributed by atoms with Gasteiger partial charge in [-0.15, -0.1) is 0 Å². The first-order valence-electron chi connectivity index (χ1n) is 13.2. The average Bonchev–Trinajstić information content (AvgIpc) is 2.84. The maximum Gasteiger partial charge on any atom is 0.319 e. The van der Waals surface area contributed by atoms with E-state index in [1.54, 1.807) is 11.0 Å².